The van der Waals surface area contributed by atoms with Gasteiger partial charge in [0.2, 0.25) is 0 Å². The van der Waals surface area contributed by atoms with E-state index < -0.39 is 0 Å². The molecule has 1 nitrogen and oxygen atoms in total. The molecule has 0 unspecified atom stereocenters. The molecule has 0 radical (unpaired) electrons. The van der Waals surface area contributed by atoms with E-state index in [0.29, 0.717) is 17.6 Å². The highest BCUT2D eigenvalue weighted by molar-refractivity contribution is 5.87. The average molecular weight is 268 g/mol. The Morgan fingerprint density at radius 1 is 1.20 bits per heavy atom. The first-order chi connectivity index (χ1) is 9.61. The lowest BCUT2D eigenvalue weighted by molar-refractivity contribution is -0.129. The lowest BCUT2D eigenvalue weighted by Gasteiger charge is -2.51. The molecule has 1 aromatic carbocycles. The zero-order valence-electron chi connectivity index (χ0n) is 12.6. The molecule has 0 bridgehead atoms. The van der Waals surface area contributed by atoms with E-state index in [-0.39, 0.29) is 5.41 Å². The third kappa shape index (κ3) is 1.52. The van der Waals surface area contributed by atoms with Crippen LogP contribution in [-0.4, -0.2) is 5.78 Å². The molecule has 0 saturated heterocycles. The second-order valence-electron chi connectivity index (χ2n) is 7.59. The molecule has 4 rings (SSSR count). The van der Waals surface area contributed by atoms with E-state index >= 15 is 0 Å². The van der Waals surface area contributed by atoms with E-state index in [9.17, 15) is 4.79 Å². The van der Waals surface area contributed by atoms with Crippen molar-refractivity contribution in [2.24, 2.45) is 23.2 Å². The van der Waals surface area contributed by atoms with Crippen LogP contribution < -0.4 is 0 Å². The molecule has 1 aromatic rings. The van der Waals surface area contributed by atoms with Crippen molar-refractivity contribution in [2.75, 3.05) is 0 Å². The third-order valence-electron chi connectivity index (χ3n) is 6.70. The average Bonchev–Trinajstić information content (AvgIpc) is 2.75. The van der Waals surface area contributed by atoms with Gasteiger partial charge in [0.15, 0.2) is 0 Å². The minimum atomic E-state index is 0.00170. The van der Waals surface area contributed by atoms with Crippen molar-refractivity contribution >= 4 is 5.78 Å². The van der Waals surface area contributed by atoms with Crippen LogP contribution in [0.4, 0.5) is 0 Å². The summed E-state index contributed by atoms with van der Waals surface area (Å²) < 4.78 is 0. The smallest absolute Gasteiger partial charge is 0.139 e. The summed E-state index contributed by atoms with van der Waals surface area (Å²) in [7, 11) is 0. The number of carbonyl (C=O) groups excluding carboxylic acids is 1. The van der Waals surface area contributed by atoms with E-state index in [4.69, 9.17) is 0 Å². The Morgan fingerprint density at radius 3 is 2.85 bits per heavy atom. The predicted molar refractivity (Wildman–Crippen MR) is 80.6 cm³/mol. The van der Waals surface area contributed by atoms with E-state index in [1.807, 2.05) is 0 Å². The van der Waals surface area contributed by atoms with E-state index in [0.717, 1.165) is 31.1 Å². The summed E-state index contributed by atoms with van der Waals surface area (Å²) in [5.41, 5.74) is 3.16. The van der Waals surface area contributed by atoms with Crippen LogP contribution in [0, 0.1) is 23.2 Å². The van der Waals surface area contributed by atoms with Crippen LogP contribution in [0.15, 0.2) is 24.3 Å². The summed E-state index contributed by atoms with van der Waals surface area (Å²) in [5.74, 6) is 3.35. The molecule has 0 amide bonds. The van der Waals surface area contributed by atoms with Crippen molar-refractivity contribution in [1.82, 2.24) is 0 Å². The van der Waals surface area contributed by atoms with Gasteiger partial charge >= 0.3 is 0 Å². The summed E-state index contributed by atoms with van der Waals surface area (Å²) >= 11 is 0. The van der Waals surface area contributed by atoms with Crippen molar-refractivity contribution in [3.8, 4) is 0 Å². The summed E-state index contributed by atoms with van der Waals surface area (Å²) in [6, 6.07) is 9.03. The van der Waals surface area contributed by atoms with Gasteiger partial charge in [-0.25, -0.2) is 0 Å². The van der Waals surface area contributed by atoms with Crippen LogP contribution in [0.5, 0.6) is 0 Å². The first-order valence-electron chi connectivity index (χ1n) is 8.22. The molecule has 0 spiro atoms. The fraction of sp³-hybridized carbons (Fsp3) is 0.632. The van der Waals surface area contributed by atoms with Gasteiger partial charge in [0.25, 0.3) is 0 Å². The SMILES string of the molecule is C[C@@H]1Cc2ccccc2[C@H]2CC[C@]3(C)C(=O)CC[C@H]3[C@H]12. The van der Waals surface area contributed by atoms with Crippen molar-refractivity contribution in [3.05, 3.63) is 35.4 Å². The molecule has 5 atom stereocenters. The summed E-state index contributed by atoms with van der Waals surface area (Å²) in [6.45, 7) is 4.68. The Labute approximate surface area is 121 Å². The van der Waals surface area contributed by atoms with Gasteiger partial charge in [-0.1, -0.05) is 38.1 Å². The molecule has 0 aromatic heterocycles. The molecule has 2 fully saturated rings. The molecule has 0 aliphatic heterocycles. The fourth-order valence-electron chi connectivity index (χ4n) is 5.69. The molecule has 0 N–H and O–H groups in total. The Balaban J connectivity index is 1.78. The number of benzene rings is 1. The monoisotopic (exact) mass is 268 g/mol. The second-order valence-corrected chi connectivity index (χ2v) is 7.59. The maximum atomic E-state index is 12.4. The highest BCUT2D eigenvalue weighted by Gasteiger charge is 2.55. The molecule has 20 heavy (non-hydrogen) atoms. The van der Waals surface area contributed by atoms with Crippen LogP contribution in [0.3, 0.4) is 0 Å². The van der Waals surface area contributed by atoms with Gasteiger partial charge in [0.05, 0.1) is 0 Å². The topological polar surface area (TPSA) is 17.1 Å². The number of rotatable bonds is 0. The highest BCUT2D eigenvalue weighted by Crippen LogP contribution is 2.60. The number of Topliss-reactive ketones (excluding diaryl/α,β-unsaturated/α-hetero) is 1. The van der Waals surface area contributed by atoms with Crippen LogP contribution >= 0.6 is 0 Å². The van der Waals surface area contributed by atoms with Crippen molar-refractivity contribution < 1.29 is 4.79 Å². The molecular formula is C19H24O. The zero-order valence-corrected chi connectivity index (χ0v) is 12.6. The maximum Gasteiger partial charge on any atom is 0.139 e. The molecule has 0 heterocycles. The summed E-state index contributed by atoms with van der Waals surface area (Å²) in [5, 5.41) is 0. The number of fused-ring (bicyclic) bond motifs is 5. The molecule has 1 heteroatoms. The van der Waals surface area contributed by atoms with Gasteiger partial charge in [0, 0.05) is 11.8 Å². The summed E-state index contributed by atoms with van der Waals surface area (Å²) in [4.78, 5) is 12.4. The van der Waals surface area contributed by atoms with Gasteiger partial charge in [-0.3, -0.25) is 4.79 Å². The largest absolute Gasteiger partial charge is 0.299 e. The van der Waals surface area contributed by atoms with E-state index in [2.05, 4.69) is 38.1 Å². The maximum absolute atomic E-state index is 12.4. The van der Waals surface area contributed by atoms with Crippen molar-refractivity contribution in [2.45, 2.75) is 51.9 Å². The normalized spacial score (nSPS) is 42.8. The van der Waals surface area contributed by atoms with Crippen LogP contribution in [0.2, 0.25) is 0 Å². The van der Waals surface area contributed by atoms with E-state index in [1.165, 1.54) is 12.8 Å². The number of ketones is 1. The predicted octanol–water partition coefficient (Wildman–Crippen LogP) is 4.36. The van der Waals surface area contributed by atoms with Crippen molar-refractivity contribution in [1.29, 1.82) is 0 Å². The molecule has 106 valence electrons. The number of carbonyl (C=O) groups is 1. The highest BCUT2D eigenvalue weighted by atomic mass is 16.1. The second kappa shape index (κ2) is 4.19. The Kier molecular flexibility index (Phi) is 2.64. The number of hydrogen-bond donors (Lipinski definition) is 0. The lowest BCUT2D eigenvalue weighted by Crippen LogP contribution is -2.45. The zero-order chi connectivity index (χ0) is 13.9. The Bertz CT molecular complexity index is 561. The van der Waals surface area contributed by atoms with Gasteiger partial charge in [-0.15, -0.1) is 0 Å². The summed E-state index contributed by atoms with van der Waals surface area (Å²) in [6.07, 6.45) is 5.50. The minimum absolute atomic E-state index is 0.00170. The van der Waals surface area contributed by atoms with Gasteiger partial charge in [-0.05, 0) is 60.5 Å². The third-order valence-corrected chi connectivity index (χ3v) is 6.70. The number of hydrogen-bond acceptors (Lipinski definition) is 1. The van der Waals surface area contributed by atoms with Gasteiger partial charge in [0.1, 0.15) is 5.78 Å². The molecule has 3 aliphatic carbocycles. The quantitative estimate of drug-likeness (QED) is 0.683. The standard InChI is InChI=1S/C19H24O/c1-12-11-13-5-3-4-6-14(13)15-9-10-19(2)16(18(12)15)7-8-17(19)20/h3-6,12,15-16,18H,7-11H2,1-2H3/t12-,15-,16+,18-,19+/m1/s1. The Morgan fingerprint density at radius 2 is 2.00 bits per heavy atom. The van der Waals surface area contributed by atoms with E-state index in [1.54, 1.807) is 11.1 Å². The van der Waals surface area contributed by atoms with Crippen LogP contribution in [-0.2, 0) is 11.2 Å². The molecule has 3 aliphatic rings. The fourth-order valence-corrected chi connectivity index (χ4v) is 5.69. The van der Waals surface area contributed by atoms with Gasteiger partial charge < -0.3 is 0 Å². The van der Waals surface area contributed by atoms with Gasteiger partial charge in [-0.2, -0.15) is 0 Å². The minimum Gasteiger partial charge on any atom is -0.299 e. The van der Waals surface area contributed by atoms with Crippen molar-refractivity contribution in [3.63, 3.8) is 0 Å². The first kappa shape index (κ1) is 12.6. The molecule has 2 saturated carbocycles. The molecular weight excluding hydrogens is 244 g/mol. The lowest BCUT2D eigenvalue weighted by atomic mass is 9.53. The van der Waals surface area contributed by atoms with Crippen LogP contribution in [0.25, 0.3) is 0 Å². The Hall–Kier alpha value is -1.11. The van der Waals surface area contributed by atoms with Crippen LogP contribution in [0.1, 0.15) is 56.6 Å². The first-order valence-corrected chi connectivity index (χ1v) is 8.22.